The lowest BCUT2D eigenvalue weighted by Crippen LogP contribution is -2.35. The molecule has 18 heavy (non-hydrogen) atoms. The van der Waals surface area contributed by atoms with E-state index in [0.29, 0.717) is 11.4 Å². The SMILES string of the molecule is COc1ccc(C)c(NC(=O)C(=O)NCC#N)c1. The van der Waals surface area contributed by atoms with Gasteiger partial charge in [0.05, 0.1) is 13.2 Å². The van der Waals surface area contributed by atoms with Crippen molar-refractivity contribution in [3.05, 3.63) is 23.8 Å². The van der Waals surface area contributed by atoms with Crippen molar-refractivity contribution in [2.45, 2.75) is 6.92 Å². The first kappa shape index (κ1) is 13.5. The molecule has 0 heterocycles. The fourth-order valence-corrected chi connectivity index (χ4v) is 1.24. The molecule has 0 fully saturated rings. The molecule has 0 radical (unpaired) electrons. The Hall–Kier alpha value is -2.55. The van der Waals surface area contributed by atoms with Crippen LogP contribution in [0.4, 0.5) is 5.69 Å². The number of nitriles is 1. The third-order valence-electron chi connectivity index (χ3n) is 2.23. The number of hydrogen-bond acceptors (Lipinski definition) is 4. The molecule has 0 bridgehead atoms. The van der Waals surface area contributed by atoms with Gasteiger partial charge >= 0.3 is 11.8 Å². The number of methoxy groups -OCH3 is 1. The summed E-state index contributed by atoms with van der Waals surface area (Å²) >= 11 is 0. The zero-order valence-electron chi connectivity index (χ0n) is 10.1. The van der Waals surface area contributed by atoms with E-state index in [1.807, 2.05) is 0 Å². The maximum atomic E-state index is 11.5. The largest absolute Gasteiger partial charge is 0.497 e. The second-order valence-corrected chi connectivity index (χ2v) is 3.48. The lowest BCUT2D eigenvalue weighted by Gasteiger charge is -2.09. The minimum atomic E-state index is -0.848. The molecule has 1 aromatic rings. The predicted molar refractivity (Wildman–Crippen MR) is 65.0 cm³/mol. The number of anilines is 1. The highest BCUT2D eigenvalue weighted by Gasteiger charge is 2.14. The number of carbonyl (C=O) groups excluding carboxylic acids is 2. The summed E-state index contributed by atoms with van der Waals surface area (Å²) < 4.78 is 5.02. The molecular weight excluding hydrogens is 234 g/mol. The average Bonchev–Trinajstić information content (AvgIpc) is 2.38. The second kappa shape index (κ2) is 6.25. The van der Waals surface area contributed by atoms with E-state index < -0.39 is 11.8 Å². The molecule has 2 N–H and O–H groups in total. The molecule has 0 aliphatic heterocycles. The zero-order chi connectivity index (χ0) is 13.5. The van der Waals surface area contributed by atoms with E-state index >= 15 is 0 Å². The lowest BCUT2D eigenvalue weighted by atomic mass is 10.2. The van der Waals surface area contributed by atoms with Gasteiger partial charge in [0.15, 0.2) is 0 Å². The van der Waals surface area contributed by atoms with Crippen molar-refractivity contribution in [2.75, 3.05) is 19.0 Å². The quantitative estimate of drug-likeness (QED) is 0.603. The Balaban J connectivity index is 2.75. The first-order valence-corrected chi connectivity index (χ1v) is 5.19. The number of ether oxygens (including phenoxy) is 1. The summed E-state index contributed by atoms with van der Waals surface area (Å²) in [6, 6.07) is 6.85. The summed E-state index contributed by atoms with van der Waals surface area (Å²) in [7, 11) is 1.51. The number of hydrogen-bond donors (Lipinski definition) is 2. The molecule has 0 aromatic heterocycles. The Kier molecular flexibility index (Phi) is 4.69. The van der Waals surface area contributed by atoms with Gasteiger partial charge in [0, 0.05) is 11.8 Å². The number of rotatable bonds is 3. The zero-order valence-corrected chi connectivity index (χ0v) is 10.1. The van der Waals surface area contributed by atoms with Crippen molar-refractivity contribution in [2.24, 2.45) is 0 Å². The first-order chi connectivity index (χ1) is 8.58. The summed E-state index contributed by atoms with van der Waals surface area (Å²) in [6.45, 7) is 1.59. The van der Waals surface area contributed by atoms with Crippen LogP contribution in [0.2, 0.25) is 0 Å². The van der Waals surface area contributed by atoms with E-state index in [0.717, 1.165) is 5.56 Å². The summed E-state index contributed by atoms with van der Waals surface area (Å²) in [5.41, 5.74) is 1.30. The van der Waals surface area contributed by atoms with Crippen molar-refractivity contribution in [1.29, 1.82) is 5.26 Å². The van der Waals surface area contributed by atoms with Crippen LogP contribution >= 0.6 is 0 Å². The molecule has 0 aliphatic rings. The summed E-state index contributed by atoms with van der Waals surface area (Å²) in [6.07, 6.45) is 0. The van der Waals surface area contributed by atoms with E-state index in [-0.39, 0.29) is 6.54 Å². The van der Waals surface area contributed by atoms with Crippen molar-refractivity contribution < 1.29 is 14.3 Å². The van der Waals surface area contributed by atoms with Gasteiger partial charge in [0.25, 0.3) is 0 Å². The Morgan fingerprint density at radius 1 is 1.39 bits per heavy atom. The normalized spacial score (nSPS) is 9.17. The minimum absolute atomic E-state index is 0.205. The fraction of sp³-hybridized carbons (Fsp3) is 0.250. The standard InChI is InChI=1S/C12H13N3O3/c1-8-3-4-9(18-2)7-10(8)15-12(17)11(16)14-6-5-13/h3-4,7H,6H2,1-2H3,(H,14,16)(H,15,17). The van der Waals surface area contributed by atoms with Gasteiger partial charge in [-0.15, -0.1) is 0 Å². The van der Waals surface area contributed by atoms with Gasteiger partial charge in [-0.3, -0.25) is 9.59 Å². The smallest absolute Gasteiger partial charge is 0.313 e. The molecule has 6 nitrogen and oxygen atoms in total. The van der Waals surface area contributed by atoms with E-state index in [2.05, 4.69) is 10.6 Å². The molecule has 0 spiro atoms. The molecule has 0 aliphatic carbocycles. The topological polar surface area (TPSA) is 91.2 Å². The van der Waals surface area contributed by atoms with Crippen LogP contribution in [0.1, 0.15) is 5.56 Å². The number of carbonyl (C=O) groups is 2. The van der Waals surface area contributed by atoms with Gasteiger partial charge in [-0.25, -0.2) is 0 Å². The van der Waals surface area contributed by atoms with E-state index in [4.69, 9.17) is 10.00 Å². The summed E-state index contributed by atoms with van der Waals surface area (Å²) in [4.78, 5) is 22.8. The third-order valence-corrected chi connectivity index (χ3v) is 2.23. The number of amides is 2. The monoisotopic (exact) mass is 247 g/mol. The van der Waals surface area contributed by atoms with Gasteiger partial charge < -0.3 is 15.4 Å². The lowest BCUT2D eigenvalue weighted by molar-refractivity contribution is -0.136. The molecule has 0 atom stereocenters. The van der Waals surface area contributed by atoms with Gasteiger partial charge in [-0.2, -0.15) is 5.26 Å². The molecule has 0 saturated heterocycles. The van der Waals surface area contributed by atoms with Crippen molar-refractivity contribution in [1.82, 2.24) is 5.32 Å². The summed E-state index contributed by atoms with van der Waals surface area (Å²) in [5, 5.41) is 12.9. The average molecular weight is 247 g/mol. The van der Waals surface area contributed by atoms with Crippen molar-refractivity contribution in [3.8, 4) is 11.8 Å². The highest BCUT2D eigenvalue weighted by molar-refractivity contribution is 6.39. The second-order valence-electron chi connectivity index (χ2n) is 3.48. The Morgan fingerprint density at radius 3 is 2.72 bits per heavy atom. The Labute approximate surface area is 105 Å². The maximum Gasteiger partial charge on any atom is 0.313 e. The van der Waals surface area contributed by atoms with Gasteiger partial charge in [0.2, 0.25) is 0 Å². The van der Waals surface area contributed by atoms with Crippen LogP contribution in [0.25, 0.3) is 0 Å². The predicted octanol–water partition coefficient (Wildman–Crippen LogP) is 0.582. The third kappa shape index (κ3) is 3.49. The van der Waals surface area contributed by atoms with Gasteiger partial charge in [-0.05, 0) is 18.6 Å². The van der Waals surface area contributed by atoms with Crippen LogP contribution in [-0.4, -0.2) is 25.5 Å². The van der Waals surface area contributed by atoms with E-state index in [9.17, 15) is 9.59 Å². The van der Waals surface area contributed by atoms with E-state index in [1.165, 1.54) is 7.11 Å². The highest BCUT2D eigenvalue weighted by Crippen LogP contribution is 2.21. The van der Waals surface area contributed by atoms with Crippen LogP contribution < -0.4 is 15.4 Å². The fourth-order valence-electron chi connectivity index (χ4n) is 1.24. The van der Waals surface area contributed by atoms with Crippen LogP contribution in [0.5, 0.6) is 5.75 Å². The van der Waals surface area contributed by atoms with Crippen molar-refractivity contribution >= 4 is 17.5 Å². The summed E-state index contributed by atoms with van der Waals surface area (Å²) in [5.74, 6) is -1.09. The number of nitrogens with zero attached hydrogens (tertiary/aromatic N) is 1. The molecule has 6 heteroatoms. The molecule has 2 amide bonds. The molecule has 0 saturated carbocycles. The van der Waals surface area contributed by atoms with Crippen LogP contribution in [0.15, 0.2) is 18.2 Å². The number of benzene rings is 1. The molecule has 1 aromatic carbocycles. The minimum Gasteiger partial charge on any atom is -0.497 e. The van der Waals surface area contributed by atoms with E-state index in [1.54, 1.807) is 31.2 Å². The Bertz CT molecular complexity index is 506. The highest BCUT2D eigenvalue weighted by atomic mass is 16.5. The Morgan fingerprint density at radius 2 is 2.11 bits per heavy atom. The van der Waals surface area contributed by atoms with Crippen LogP contribution in [0, 0.1) is 18.3 Å². The van der Waals surface area contributed by atoms with Gasteiger partial charge in [-0.1, -0.05) is 6.07 Å². The van der Waals surface area contributed by atoms with Crippen molar-refractivity contribution in [3.63, 3.8) is 0 Å². The maximum absolute atomic E-state index is 11.5. The molecular formula is C12H13N3O3. The van der Waals surface area contributed by atoms with Crippen LogP contribution in [0.3, 0.4) is 0 Å². The number of aryl methyl sites for hydroxylation is 1. The molecule has 0 unspecified atom stereocenters. The number of nitrogens with one attached hydrogen (secondary N) is 2. The van der Waals surface area contributed by atoms with Gasteiger partial charge in [0.1, 0.15) is 12.3 Å². The first-order valence-electron chi connectivity index (χ1n) is 5.19. The molecule has 94 valence electrons. The van der Waals surface area contributed by atoms with Crippen LogP contribution in [-0.2, 0) is 9.59 Å². The molecule has 1 rings (SSSR count).